The van der Waals surface area contributed by atoms with Crippen LogP contribution < -0.4 is 11.4 Å². The Balaban J connectivity index is 2.62. The molecule has 2 N–H and O–H groups in total. The molecule has 0 atom stereocenters. The summed E-state index contributed by atoms with van der Waals surface area (Å²) in [5, 5.41) is 0. The van der Waals surface area contributed by atoms with Crippen molar-refractivity contribution in [1.29, 1.82) is 0 Å². The molecule has 0 spiro atoms. The van der Waals surface area contributed by atoms with E-state index < -0.39 is 0 Å². The summed E-state index contributed by atoms with van der Waals surface area (Å²) < 4.78 is 6.54. The van der Waals surface area contributed by atoms with Gasteiger partial charge in [-0.3, -0.25) is 4.57 Å². The van der Waals surface area contributed by atoms with Gasteiger partial charge in [-0.15, -0.1) is 0 Å². The summed E-state index contributed by atoms with van der Waals surface area (Å²) in [6.07, 6.45) is 2.50. The maximum atomic E-state index is 11.1. The van der Waals surface area contributed by atoms with Gasteiger partial charge in [0.15, 0.2) is 0 Å². The Labute approximate surface area is 76.2 Å². The van der Waals surface area contributed by atoms with E-state index in [0.717, 1.165) is 6.42 Å². The van der Waals surface area contributed by atoms with Crippen LogP contribution in [0.25, 0.3) is 0 Å². The van der Waals surface area contributed by atoms with Crippen LogP contribution in [-0.4, -0.2) is 16.2 Å². The van der Waals surface area contributed by atoms with E-state index in [-0.39, 0.29) is 18.2 Å². The first-order valence-electron chi connectivity index (χ1n) is 4.14. The summed E-state index contributed by atoms with van der Waals surface area (Å²) in [7, 11) is 0. The van der Waals surface area contributed by atoms with Crippen LogP contribution in [0.15, 0.2) is 17.1 Å². The first-order chi connectivity index (χ1) is 6.24. The lowest BCUT2D eigenvalue weighted by Gasteiger charge is -2.04. The minimum atomic E-state index is -0.379. The molecule has 0 aliphatic rings. The number of nitrogens with zero attached hydrogens (tertiary/aromatic N) is 2. The first-order valence-corrected chi connectivity index (χ1v) is 4.14. The molecule has 0 saturated carbocycles. The Bertz CT molecular complexity index is 321. The molecule has 0 saturated heterocycles. The second-order valence-corrected chi connectivity index (χ2v) is 2.64. The van der Waals surface area contributed by atoms with Gasteiger partial charge in [-0.25, -0.2) is 4.79 Å². The van der Waals surface area contributed by atoms with E-state index in [1.807, 2.05) is 6.92 Å². The normalized spacial score (nSPS) is 10.2. The Hall–Kier alpha value is -1.36. The molecule has 0 radical (unpaired) electrons. The third kappa shape index (κ3) is 2.87. The monoisotopic (exact) mass is 183 g/mol. The highest BCUT2D eigenvalue weighted by Gasteiger charge is 1.96. The van der Waals surface area contributed by atoms with Gasteiger partial charge < -0.3 is 10.5 Å². The average Bonchev–Trinajstić information content (AvgIpc) is 2.09. The van der Waals surface area contributed by atoms with Crippen LogP contribution in [0.2, 0.25) is 0 Å². The number of anilines is 1. The molecule has 0 amide bonds. The predicted molar refractivity (Wildman–Crippen MR) is 49.2 cm³/mol. The maximum Gasteiger partial charge on any atom is 0.351 e. The smallest absolute Gasteiger partial charge is 0.351 e. The molecule has 0 bridgehead atoms. The fourth-order valence-electron chi connectivity index (χ4n) is 0.848. The molecule has 1 rings (SSSR count). The van der Waals surface area contributed by atoms with Crippen LogP contribution >= 0.6 is 0 Å². The standard InChI is InChI=1S/C8H13N3O2/c1-2-5-13-6-11-4-3-7(9)10-8(11)12/h3-4H,2,5-6H2,1H3,(H2,9,10,12). The van der Waals surface area contributed by atoms with Crippen LogP contribution in [-0.2, 0) is 11.5 Å². The third-order valence-corrected chi connectivity index (χ3v) is 1.47. The van der Waals surface area contributed by atoms with Crippen molar-refractivity contribution in [2.24, 2.45) is 0 Å². The largest absolute Gasteiger partial charge is 0.383 e. The topological polar surface area (TPSA) is 70.1 Å². The van der Waals surface area contributed by atoms with Gasteiger partial charge in [-0.1, -0.05) is 6.92 Å². The van der Waals surface area contributed by atoms with E-state index in [2.05, 4.69) is 4.98 Å². The SMILES string of the molecule is CCCOCn1ccc(N)nc1=O. The summed E-state index contributed by atoms with van der Waals surface area (Å²) in [6.45, 7) is 2.88. The van der Waals surface area contributed by atoms with Crippen LogP contribution in [0, 0.1) is 0 Å². The van der Waals surface area contributed by atoms with E-state index in [0.29, 0.717) is 6.61 Å². The Morgan fingerprint density at radius 3 is 3.08 bits per heavy atom. The van der Waals surface area contributed by atoms with Gasteiger partial charge in [0, 0.05) is 12.8 Å². The van der Waals surface area contributed by atoms with E-state index >= 15 is 0 Å². The lowest BCUT2D eigenvalue weighted by Crippen LogP contribution is -2.24. The van der Waals surface area contributed by atoms with Crippen molar-refractivity contribution in [1.82, 2.24) is 9.55 Å². The van der Waals surface area contributed by atoms with Crippen molar-refractivity contribution >= 4 is 5.82 Å². The molecule has 0 unspecified atom stereocenters. The van der Waals surface area contributed by atoms with Gasteiger partial charge in [0.2, 0.25) is 0 Å². The molecule has 0 aliphatic carbocycles. The molecule has 0 aromatic carbocycles. The number of ether oxygens (including phenoxy) is 1. The van der Waals surface area contributed by atoms with Gasteiger partial charge in [0.25, 0.3) is 0 Å². The average molecular weight is 183 g/mol. The highest BCUT2D eigenvalue weighted by atomic mass is 16.5. The Morgan fingerprint density at radius 2 is 2.46 bits per heavy atom. The summed E-state index contributed by atoms with van der Waals surface area (Å²) in [5.74, 6) is 0.233. The van der Waals surface area contributed by atoms with E-state index in [1.54, 1.807) is 12.3 Å². The Kier molecular flexibility index (Phi) is 3.45. The molecular formula is C8H13N3O2. The van der Waals surface area contributed by atoms with Gasteiger partial charge in [0.05, 0.1) is 0 Å². The molecule has 1 aromatic heterocycles. The number of hydrogen-bond donors (Lipinski definition) is 1. The zero-order valence-electron chi connectivity index (χ0n) is 7.56. The van der Waals surface area contributed by atoms with E-state index in [1.165, 1.54) is 4.57 Å². The second-order valence-electron chi connectivity index (χ2n) is 2.64. The second kappa shape index (κ2) is 4.61. The summed E-state index contributed by atoms with van der Waals surface area (Å²) >= 11 is 0. The first kappa shape index (κ1) is 9.73. The molecule has 5 nitrogen and oxygen atoms in total. The molecule has 72 valence electrons. The lowest BCUT2D eigenvalue weighted by atomic mass is 10.5. The van der Waals surface area contributed by atoms with Crippen molar-refractivity contribution in [3.05, 3.63) is 22.7 Å². The van der Waals surface area contributed by atoms with Gasteiger partial charge in [-0.2, -0.15) is 4.98 Å². The number of aromatic nitrogens is 2. The van der Waals surface area contributed by atoms with Crippen LogP contribution in [0.3, 0.4) is 0 Å². The van der Waals surface area contributed by atoms with Crippen molar-refractivity contribution in [3.63, 3.8) is 0 Å². The zero-order valence-corrected chi connectivity index (χ0v) is 7.56. The van der Waals surface area contributed by atoms with Crippen molar-refractivity contribution in [2.75, 3.05) is 12.3 Å². The van der Waals surface area contributed by atoms with Crippen LogP contribution in [0.5, 0.6) is 0 Å². The molecule has 1 aromatic rings. The maximum absolute atomic E-state index is 11.1. The van der Waals surface area contributed by atoms with E-state index in [9.17, 15) is 4.79 Å². The quantitative estimate of drug-likeness (QED) is 0.677. The molecular weight excluding hydrogens is 170 g/mol. The van der Waals surface area contributed by atoms with Crippen molar-refractivity contribution < 1.29 is 4.74 Å². The van der Waals surface area contributed by atoms with Crippen molar-refractivity contribution in [2.45, 2.75) is 20.1 Å². The van der Waals surface area contributed by atoms with Crippen molar-refractivity contribution in [3.8, 4) is 0 Å². The van der Waals surface area contributed by atoms with Gasteiger partial charge in [-0.05, 0) is 12.5 Å². The number of nitrogen functional groups attached to an aromatic ring is 1. The summed E-state index contributed by atoms with van der Waals surface area (Å²) in [6, 6.07) is 1.57. The molecule has 13 heavy (non-hydrogen) atoms. The minimum absolute atomic E-state index is 0.233. The number of nitrogens with two attached hydrogens (primary N) is 1. The highest BCUT2D eigenvalue weighted by Crippen LogP contribution is 1.90. The fraction of sp³-hybridized carbons (Fsp3) is 0.500. The molecule has 0 aliphatic heterocycles. The molecule has 5 heteroatoms. The van der Waals surface area contributed by atoms with Gasteiger partial charge >= 0.3 is 5.69 Å². The molecule has 0 fully saturated rings. The van der Waals surface area contributed by atoms with Crippen LogP contribution in [0.4, 0.5) is 5.82 Å². The minimum Gasteiger partial charge on any atom is -0.383 e. The zero-order chi connectivity index (χ0) is 9.68. The predicted octanol–water partition coefficient (Wildman–Crippen LogP) is 0.210. The highest BCUT2D eigenvalue weighted by molar-refractivity contribution is 5.23. The third-order valence-electron chi connectivity index (χ3n) is 1.47. The fourth-order valence-corrected chi connectivity index (χ4v) is 0.848. The summed E-state index contributed by atoms with van der Waals surface area (Å²) in [4.78, 5) is 14.7. The van der Waals surface area contributed by atoms with Gasteiger partial charge in [0.1, 0.15) is 12.5 Å². The lowest BCUT2D eigenvalue weighted by molar-refractivity contribution is 0.0743. The number of rotatable bonds is 4. The Morgan fingerprint density at radius 1 is 1.69 bits per heavy atom. The molecule has 1 heterocycles. The number of hydrogen-bond acceptors (Lipinski definition) is 4. The summed E-state index contributed by atoms with van der Waals surface area (Å²) in [5.41, 5.74) is 4.94. The van der Waals surface area contributed by atoms with Crippen LogP contribution in [0.1, 0.15) is 13.3 Å². The van der Waals surface area contributed by atoms with E-state index in [4.69, 9.17) is 10.5 Å².